The molecule has 11 N–H and O–H groups in total. The predicted molar refractivity (Wildman–Crippen MR) is 126 cm³/mol. The van der Waals surface area contributed by atoms with Crippen molar-refractivity contribution < 1.29 is 48.9 Å². The summed E-state index contributed by atoms with van der Waals surface area (Å²) in [6.07, 6.45) is 0.223. The highest BCUT2D eigenvalue weighted by Gasteiger charge is 2.31. The highest BCUT2D eigenvalue weighted by Crippen LogP contribution is 2.06. The average Bonchev–Trinajstić information content (AvgIpc) is 3.34. The third-order valence-corrected chi connectivity index (χ3v) is 5.18. The number of carbonyl (C=O) groups excluding carboxylic acids is 4. The molecule has 210 valence electrons. The number of nitrogens with two attached hydrogens (primary N) is 2. The van der Waals surface area contributed by atoms with Crippen LogP contribution in [0.2, 0.25) is 0 Å². The molecule has 17 nitrogen and oxygen atoms in total. The summed E-state index contributed by atoms with van der Waals surface area (Å²) in [5.41, 5.74) is 11.0. The van der Waals surface area contributed by atoms with E-state index in [4.69, 9.17) is 21.7 Å². The van der Waals surface area contributed by atoms with Crippen LogP contribution in [-0.4, -0.2) is 91.0 Å². The first kappa shape index (κ1) is 31.5. The molecule has 0 unspecified atom stereocenters. The first-order valence-electron chi connectivity index (χ1n) is 11.4. The first-order chi connectivity index (χ1) is 17.8. The minimum Gasteiger partial charge on any atom is -0.481 e. The Hall–Kier alpha value is -4.54. The summed E-state index contributed by atoms with van der Waals surface area (Å²) in [5.74, 6) is -7.59. The summed E-state index contributed by atoms with van der Waals surface area (Å²) in [6, 6.07) is -5.72. The van der Waals surface area contributed by atoms with Gasteiger partial charge in [-0.15, -0.1) is 0 Å². The predicted octanol–water partition coefficient (Wildman–Crippen LogP) is -3.19. The molecule has 1 aromatic heterocycles. The van der Waals surface area contributed by atoms with E-state index in [9.17, 15) is 38.7 Å². The quantitative estimate of drug-likeness (QED) is 0.0888. The largest absolute Gasteiger partial charge is 0.481 e. The van der Waals surface area contributed by atoms with E-state index >= 15 is 0 Å². The Bertz CT molecular complexity index is 1010. The zero-order chi connectivity index (χ0) is 28.8. The van der Waals surface area contributed by atoms with Crippen molar-refractivity contribution in [2.75, 3.05) is 0 Å². The van der Waals surface area contributed by atoms with Crippen molar-refractivity contribution in [2.45, 2.75) is 69.1 Å². The number of hydrogen-bond donors (Lipinski definition) is 9. The molecule has 0 aromatic carbocycles. The van der Waals surface area contributed by atoms with Crippen LogP contribution in [0, 0.1) is 0 Å². The van der Waals surface area contributed by atoms with Gasteiger partial charge in [0.15, 0.2) is 0 Å². The minimum absolute atomic E-state index is 0.133. The van der Waals surface area contributed by atoms with E-state index < -0.39 is 85.0 Å². The van der Waals surface area contributed by atoms with E-state index in [0.29, 0.717) is 5.69 Å². The van der Waals surface area contributed by atoms with Crippen LogP contribution in [0.25, 0.3) is 0 Å². The average molecular weight is 542 g/mol. The molecule has 0 saturated heterocycles. The molecule has 4 amide bonds. The lowest BCUT2D eigenvalue weighted by Crippen LogP contribution is -2.57. The van der Waals surface area contributed by atoms with E-state index in [2.05, 4.69) is 25.9 Å². The fourth-order valence-corrected chi connectivity index (χ4v) is 3.14. The smallest absolute Gasteiger partial charge is 0.326 e. The second kappa shape index (κ2) is 15.5. The normalized spacial score (nSPS) is 13.8. The molecule has 0 spiro atoms. The van der Waals surface area contributed by atoms with Crippen molar-refractivity contribution in [1.29, 1.82) is 0 Å². The number of hydrogen-bond acceptors (Lipinski definition) is 9. The van der Waals surface area contributed by atoms with E-state index in [1.807, 2.05) is 0 Å². The third kappa shape index (κ3) is 11.9. The topological polar surface area (TPSA) is 297 Å². The number of carboxylic acids is 3. The first-order valence-corrected chi connectivity index (χ1v) is 11.4. The number of nitrogens with zero attached hydrogens (tertiary/aromatic N) is 1. The molecule has 0 saturated carbocycles. The van der Waals surface area contributed by atoms with Gasteiger partial charge in [0.2, 0.25) is 23.6 Å². The van der Waals surface area contributed by atoms with Crippen molar-refractivity contribution in [3.05, 3.63) is 18.2 Å². The molecular formula is C21H31N7O10. The number of carbonyl (C=O) groups is 7. The van der Waals surface area contributed by atoms with Gasteiger partial charge in [-0.2, -0.15) is 0 Å². The van der Waals surface area contributed by atoms with Crippen LogP contribution in [0.1, 0.15) is 44.2 Å². The molecular weight excluding hydrogens is 510 g/mol. The zero-order valence-corrected chi connectivity index (χ0v) is 20.2. The van der Waals surface area contributed by atoms with Gasteiger partial charge in [-0.3, -0.25) is 28.8 Å². The zero-order valence-electron chi connectivity index (χ0n) is 20.2. The van der Waals surface area contributed by atoms with E-state index in [0.717, 1.165) is 0 Å². The standard InChI is InChI=1S/C21H31N7O10/c22-11(1-4-15(23)29)18(34)26-12(2-5-16(30)31)19(35)28-14(7-10-8-24-9-25-10)20(36)27-13(21(37)38)3-6-17(32)33/h8-9,11-14H,1-7,22H2,(H2,23,29)(H,24,25)(H,26,34)(H,27,36)(H,28,35)(H,30,31)(H,32,33)(H,37,38)/t11-,12-,13-,14-/m0/s1. The van der Waals surface area contributed by atoms with Crippen molar-refractivity contribution >= 4 is 41.5 Å². The van der Waals surface area contributed by atoms with Crippen LogP contribution in [0.3, 0.4) is 0 Å². The summed E-state index contributed by atoms with van der Waals surface area (Å²) in [5, 5.41) is 34.0. The molecule has 1 heterocycles. The van der Waals surface area contributed by atoms with Gasteiger partial charge < -0.3 is 47.7 Å². The molecule has 0 aliphatic rings. The Morgan fingerprint density at radius 3 is 1.82 bits per heavy atom. The summed E-state index contributed by atoms with van der Waals surface area (Å²) in [4.78, 5) is 89.3. The summed E-state index contributed by atoms with van der Waals surface area (Å²) < 4.78 is 0. The summed E-state index contributed by atoms with van der Waals surface area (Å²) in [6.45, 7) is 0. The summed E-state index contributed by atoms with van der Waals surface area (Å²) in [7, 11) is 0. The van der Waals surface area contributed by atoms with Crippen LogP contribution >= 0.6 is 0 Å². The van der Waals surface area contributed by atoms with Crippen molar-refractivity contribution in [1.82, 2.24) is 25.9 Å². The molecule has 0 aliphatic carbocycles. The maximum atomic E-state index is 13.0. The fourth-order valence-electron chi connectivity index (χ4n) is 3.14. The number of imidazole rings is 1. The lowest BCUT2D eigenvalue weighted by atomic mass is 10.1. The number of aromatic nitrogens is 2. The molecule has 0 radical (unpaired) electrons. The monoisotopic (exact) mass is 541 g/mol. The maximum Gasteiger partial charge on any atom is 0.326 e. The third-order valence-electron chi connectivity index (χ3n) is 5.18. The van der Waals surface area contributed by atoms with Gasteiger partial charge in [0, 0.05) is 31.9 Å². The number of carboxylic acid groups (broad SMARTS) is 3. The van der Waals surface area contributed by atoms with Gasteiger partial charge in [-0.25, -0.2) is 9.78 Å². The lowest BCUT2D eigenvalue weighted by molar-refractivity contribution is -0.143. The molecule has 0 bridgehead atoms. The number of nitrogens with one attached hydrogen (secondary N) is 4. The van der Waals surface area contributed by atoms with Gasteiger partial charge in [-0.05, 0) is 19.3 Å². The van der Waals surface area contributed by atoms with Gasteiger partial charge in [0.1, 0.15) is 18.1 Å². The molecule has 4 atom stereocenters. The van der Waals surface area contributed by atoms with E-state index in [1.54, 1.807) is 0 Å². The van der Waals surface area contributed by atoms with E-state index in [-0.39, 0.29) is 25.7 Å². The summed E-state index contributed by atoms with van der Waals surface area (Å²) >= 11 is 0. The molecule has 1 rings (SSSR count). The van der Waals surface area contributed by atoms with Crippen LogP contribution in [0.5, 0.6) is 0 Å². The van der Waals surface area contributed by atoms with Gasteiger partial charge in [0.25, 0.3) is 0 Å². The van der Waals surface area contributed by atoms with Crippen LogP contribution in [0.15, 0.2) is 12.5 Å². The second-order valence-electron chi connectivity index (χ2n) is 8.26. The Morgan fingerprint density at radius 1 is 0.789 bits per heavy atom. The van der Waals surface area contributed by atoms with Crippen LogP contribution in [-0.2, 0) is 40.0 Å². The molecule has 38 heavy (non-hydrogen) atoms. The number of rotatable bonds is 18. The Kier molecular flexibility index (Phi) is 12.9. The molecule has 1 aromatic rings. The Balaban J connectivity index is 3.07. The van der Waals surface area contributed by atoms with Crippen LogP contribution in [0.4, 0.5) is 0 Å². The van der Waals surface area contributed by atoms with Crippen LogP contribution < -0.4 is 27.4 Å². The fraction of sp³-hybridized carbons (Fsp3) is 0.524. The van der Waals surface area contributed by atoms with Gasteiger partial charge in [-0.1, -0.05) is 0 Å². The molecule has 0 fully saturated rings. The lowest BCUT2D eigenvalue weighted by Gasteiger charge is -2.24. The van der Waals surface area contributed by atoms with E-state index in [1.165, 1.54) is 12.5 Å². The SMILES string of the molecule is NC(=O)CC[C@H](N)C(=O)N[C@@H](CCC(=O)O)C(=O)N[C@@H](Cc1c[nH]cn1)C(=O)N[C@@H](CCC(=O)O)C(=O)O. The van der Waals surface area contributed by atoms with Crippen molar-refractivity contribution in [3.63, 3.8) is 0 Å². The van der Waals surface area contributed by atoms with Crippen molar-refractivity contribution in [3.8, 4) is 0 Å². The van der Waals surface area contributed by atoms with Crippen molar-refractivity contribution in [2.24, 2.45) is 11.5 Å². The highest BCUT2D eigenvalue weighted by atomic mass is 16.4. The Labute approximate surface area is 215 Å². The van der Waals surface area contributed by atoms with Gasteiger partial charge >= 0.3 is 17.9 Å². The minimum atomic E-state index is -1.58. The number of aromatic amines is 1. The van der Waals surface area contributed by atoms with Gasteiger partial charge in [0.05, 0.1) is 18.1 Å². The Morgan fingerprint density at radius 2 is 1.32 bits per heavy atom. The highest BCUT2D eigenvalue weighted by molar-refractivity contribution is 5.94. The maximum absolute atomic E-state index is 13.0. The number of primary amides is 1. The second-order valence-corrected chi connectivity index (χ2v) is 8.26. The number of amides is 4. The number of H-pyrrole nitrogens is 1. The molecule has 0 aliphatic heterocycles. The molecule has 17 heteroatoms. The number of aliphatic carboxylic acids is 3.